The molecule has 1 fully saturated rings. The number of para-hydroxylation sites is 2. The van der Waals surface area contributed by atoms with E-state index in [1.54, 1.807) is 14.2 Å². The Morgan fingerprint density at radius 2 is 1.91 bits per heavy atom. The van der Waals surface area contributed by atoms with Gasteiger partial charge in [0.25, 0.3) is 0 Å². The van der Waals surface area contributed by atoms with Crippen molar-refractivity contribution in [1.82, 2.24) is 10.6 Å². The van der Waals surface area contributed by atoms with Crippen LogP contribution < -0.4 is 29.7 Å². The highest BCUT2D eigenvalue weighted by Gasteiger charge is 2.23. The lowest BCUT2D eigenvalue weighted by molar-refractivity contribution is 0.219. The van der Waals surface area contributed by atoms with Gasteiger partial charge >= 0.3 is 0 Å². The molecule has 2 N–H and O–H groups in total. The standard InChI is InChI=1S/C25H36N4O3/c1-5-26-25(27-16-19(2)32-24-12-7-6-11-23(24)31-4)28-17-20-13-14-29(18-20)21-9-8-10-22(15-21)30-3/h6-12,15,19-20H,5,13-14,16-18H2,1-4H3,(H2,26,27,28). The Kier molecular flexibility index (Phi) is 8.90. The molecule has 3 rings (SSSR count). The van der Waals surface area contributed by atoms with Crippen LogP contribution in [0.2, 0.25) is 0 Å². The van der Waals surface area contributed by atoms with Gasteiger partial charge in [-0.25, -0.2) is 4.99 Å². The molecule has 2 unspecified atom stereocenters. The Bertz CT molecular complexity index is 874. The van der Waals surface area contributed by atoms with Gasteiger partial charge in [0.1, 0.15) is 11.9 Å². The van der Waals surface area contributed by atoms with Crippen molar-refractivity contribution >= 4 is 11.6 Å². The average Bonchev–Trinajstić information content (AvgIpc) is 3.30. The highest BCUT2D eigenvalue weighted by molar-refractivity contribution is 5.79. The number of benzene rings is 2. The molecule has 1 aliphatic heterocycles. The first-order valence-corrected chi connectivity index (χ1v) is 11.3. The normalized spacial score (nSPS) is 17.1. The maximum Gasteiger partial charge on any atom is 0.191 e. The van der Waals surface area contributed by atoms with Gasteiger partial charge in [-0.2, -0.15) is 0 Å². The van der Waals surface area contributed by atoms with Crippen LogP contribution in [0.1, 0.15) is 20.3 Å². The lowest BCUT2D eigenvalue weighted by atomic mass is 10.1. The first kappa shape index (κ1) is 23.6. The second-order valence-electron chi connectivity index (χ2n) is 7.98. The lowest BCUT2D eigenvalue weighted by Gasteiger charge is -2.20. The number of nitrogens with zero attached hydrogens (tertiary/aromatic N) is 2. The van der Waals surface area contributed by atoms with Crippen molar-refractivity contribution in [2.75, 3.05) is 51.8 Å². The van der Waals surface area contributed by atoms with Crippen molar-refractivity contribution in [2.45, 2.75) is 26.4 Å². The van der Waals surface area contributed by atoms with Gasteiger partial charge in [-0.1, -0.05) is 18.2 Å². The highest BCUT2D eigenvalue weighted by atomic mass is 16.5. The Morgan fingerprint density at radius 3 is 2.66 bits per heavy atom. The fraction of sp³-hybridized carbons (Fsp3) is 0.480. The number of ether oxygens (including phenoxy) is 3. The number of aliphatic imine (C=N–C) groups is 1. The molecule has 0 bridgehead atoms. The number of hydrogen-bond donors (Lipinski definition) is 2. The van der Waals surface area contributed by atoms with E-state index in [9.17, 15) is 0 Å². The van der Waals surface area contributed by atoms with Crippen LogP contribution in [0.25, 0.3) is 0 Å². The van der Waals surface area contributed by atoms with Crippen LogP contribution in [-0.4, -0.2) is 59.0 Å². The molecular formula is C25H36N4O3. The summed E-state index contributed by atoms with van der Waals surface area (Å²) in [4.78, 5) is 7.14. The predicted molar refractivity (Wildman–Crippen MR) is 130 cm³/mol. The number of rotatable bonds is 10. The molecule has 7 heteroatoms. The zero-order valence-corrected chi connectivity index (χ0v) is 19.6. The molecule has 0 aromatic heterocycles. The summed E-state index contributed by atoms with van der Waals surface area (Å²) in [6.07, 6.45) is 1.08. The average molecular weight is 441 g/mol. The third-order valence-electron chi connectivity index (χ3n) is 5.51. The zero-order valence-electron chi connectivity index (χ0n) is 19.6. The van der Waals surface area contributed by atoms with E-state index < -0.39 is 0 Å². The minimum Gasteiger partial charge on any atom is -0.497 e. The molecule has 1 heterocycles. The Morgan fingerprint density at radius 1 is 1.09 bits per heavy atom. The van der Waals surface area contributed by atoms with Crippen molar-refractivity contribution in [1.29, 1.82) is 0 Å². The molecule has 1 aliphatic rings. The van der Waals surface area contributed by atoms with Crippen LogP contribution in [0, 0.1) is 5.92 Å². The van der Waals surface area contributed by atoms with Crippen molar-refractivity contribution in [3.8, 4) is 17.2 Å². The van der Waals surface area contributed by atoms with Crippen molar-refractivity contribution < 1.29 is 14.2 Å². The van der Waals surface area contributed by atoms with Gasteiger partial charge < -0.3 is 29.7 Å². The van der Waals surface area contributed by atoms with Gasteiger partial charge in [0.2, 0.25) is 0 Å². The van der Waals surface area contributed by atoms with Crippen LogP contribution >= 0.6 is 0 Å². The summed E-state index contributed by atoms with van der Waals surface area (Å²) < 4.78 is 16.7. The van der Waals surface area contributed by atoms with Crippen LogP contribution in [0.15, 0.2) is 53.5 Å². The Balaban J connectivity index is 1.50. The largest absolute Gasteiger partial charge is 0.497 e. The monoisotopic (exact) mass is 440 g/mol. The van der Waals surface area contributed by atoms with Gasteiger partial charge in [-0.3, -0.25) is 0 Å². The second-order valence-corrected chi connectivity index (χ2v) is 7.98. The van der Waals surface area contributed by atoms with E-state index >= 15 is 0 Å². The van der Waals surface area contributed by atoms with Gasteiger partial charge in [-0.15, -0.1) is 0 Å². The molecule has 174 valence electrons. The number of hydrogen-bond acceptors (Lipinski definition) is 5. The van der Waals surface area contributed by atoms with Gasteiger partial charge in [0.15, 0.2) is 17.5 Å². The second kappa shape index (κ2) is 12.1. The SMILES string of the molecule is CCNC(=NCC(C)Oc1ccccc1OC)NCC1CCN(c2cccc(OC)c2)C1. The van der Waals surface area contributed by atoms with Gasteiger partial charge in [0.05, 0.1) is 20.8 Å². The molecule has 2 atom stereocenters. The van der Waals surface area contributed by atoms with E-state index in [4.69, 9.17) is 19.2 Å². The van der Waals surface area contributed by atoms with E-state index in [0.717, 1.165) is 55.8 Å². The maximum absolute atomic E-state index is 6.02. The molecule has 0 aliphatic carbocycles. The van der Waals surface area contributed by atoms with Crippen molar-refractivity contribution in [2.24, 2.45) is 10.9 Å². The zero-order chi connectivity index (χ0) is 22.8. The summed E-state index contributed by atoms with van der Waals surface area (Å²) in [6.45, 7) is 8.41. The Hall–Kier alpha value is -3.09. The van der Waals surface area contributed by atoms with Crippen LogP contribution in [0.3, 0.4) is 0 Å². The lowest BCUT2D eigenvalue weighted by Crippen LogP contribution is -2.41. The molecule has 32 heavy (non-hydrogen) atoms. The molecule has 0 saturated carbocycles. The number of guanidine groups is 1. The van der Waals surface area contributed by atoms with E-state index in [1.807, 2.05) is 43.3 Å². The molecule has 0 amide bonds. The molecule has 0 radical (unpaired) electrons. The van der Waals surface area contributed by atoms with Crippen LogP contribution in [-0.2, 0) is 0 Å². The first-order chi connectivity index (χ1) is 15.6. The summed E-state index contributed by atoms with van der Waals surface area (Å²) in [5.41, 5.74) is 1.22. The molecule has 1 saturated heterocycles. The van der Waals surface area contributed by atoms with Crippen LogP contribution in [0.4, 0.5) is 5.69 Å². The molecule has 2 aromatic carbocycles. The quantitative estimate of drug-likeness (QED) is 0.435. The third-order valence-corrected chi connectivity index (χ3v) is 5.51. The summed E-state index contributed by atoms with van der Waals surface area (Å²) in [6, 6.07) is 16.0. The minimum atomic E-state index is -0.0724. The summed E-state index contributed by atoms with van der Waals surface area (Å²) in [7, 11) is 3.36. The van der Waals surface area contributed by atoms with Crippen molar-refractivity contribution in [3.05, 3.63) is 48.5 Å². The molecule has 7 nitrogen and oxygen atoms in total. The maximum atomic E-state index is 6.02. The molecule has 2 aromatic rings. The minimum absolute atomic E-state index is 0.0724. The predicted octanol–water partition coefficient (Wildman–Crippen LogP) is 3.55. The van der Waals surface area contributed by atoms with Crippen LogP contribution in [0.5, 0.6) is 17.2 Å². The van der Waals surface area contributed by atoms with E-state index in [-0.39, 0.29) is 6.10 Å². The number of methoxy groups -OCH3 is 2. The topological polar surface area (TPSA) is 67.4 Å². The number of nitrogens with one attached hydrogen (secondary N) is 2. The summed E-state index contributed by atoms with van der Waals surface area (Å²) in [5, 5.41) is 6.84. The van der Waals surface area contributed by atoms with Gasteiger partial charge in [0, 0.05) is 37.9 Å². The summed E-state index contributed by atoms with van der Waals surface area (Å²) in [5.74, 6) is 3.75. The van der Waals surface area contributed by atoms with Crippen molar-refractivity contribution in [3.63, 3.8) is 0 Å². The molecular weight excluding hydrogens is 404 g/mol. The fourth-order valence-corrected chi connectivity index (χ4v) is 3.81. The highest BCUT2D eigenvalue weighted by Crippen LogP contribution is 2.27. The van der Waals surface area contributed by atoms with E-state index in [0.29, 0.717) is 12.5 Å². The summed E-state index contributed by atoms with van der Waals surface area (Å²) >= 11 is 0. The smallest absolute Gasteiger partial charge is 0.191 e. The third kappa shape index (κ3) is 6.70. The Labute approximate surface area is 191 Å². The molecule has 0 spiro atoms. The van der Waals surface area contributed by atoms with E-state index in [1.165, 1.54) is 5.69 Å². The fourth-order valence-electron chi connectivity index (χ4n) is 3.81. The first-order valence-electron chi connectivity index (χ1n) is 11.3. The van der Waals surface area contributed by atoms with E-state index in [2.05, 4.69) is 34.6 Å². The van der Waals surface area contributed by atoms with Gasteiger partial charge in [-0.05, 0) is 50.5 Å². The number of anilines is 1.